The molecule has 1 heterocycles. The predicted molar refractivity (Wildman–Crippen MR) is 132 cm³/mol. The number of hydrazine groups is 1. The number of nitrogens with one attached hydrogen (secondary N) is 1. The van der Waals surface area contributed by atoms with Crippen molar-refractivity contribution in [2.75, 3.05) is 5.43 Å². The number of hydrogen-bond acceptors (Lipinski definition) is 4. The first kappa shape index (κ1) is 22.6. The van der Waals surface area contributed by atoms with Crippen LogP contribution in [0.1, 0.15) is 29.0 Å². The molecule has 5 rings (SSSR count). The number of imide groups is 1. The van der Waals surface area contributed by atoms with Crippen LogP contribution in [0, 0.1) is 18.7 Å². The van der Waals surface area contributed by atoms with Crippen LogP contribution >= 0.6 is 0 Å². The molecular weight excluding hydrogens is 443 g/mol. The van der Waals surface area contributed by atoms with E-state index in [1.54, 1.807) is 24.3 Å². The van der Waals surface area contributed by atoms with Crippen molar-refractivity contribution >= 4 is 17.5 Å². The lowest BCUT2D eigenvalue weighted by Crippen LogP contribution is -2.48. The molecule has 1 aliphatic heterocycles. The second-order valence-corrected chi connectivity index (χ2v) is 9.00. The number of rotatable bonds is 5. The number of allylic oxidation sites excluding steroid dienone is 3. The lowest BCUT2D eigenvalue weighted by molar-refractivity contribution is -0.138. The minimum Gasteiger partial charge on any atom is -0.505 e. The Morgan fingerprint density at radius 1 is 1.06 bits per heavy atom. The van der Waals surface area contributed by atoms with Crippen LogP contribution in [0.25, 0.3) is 0 Å². The third-order valence-electron chi connectivity index (χ3n) is 7.11. The molecule has 0 unspecified atom stereocenters. The van der Waals surface area contributed by atoms with Gasteiger partial charge >= 0.3 is 0 Å². The van der Waals surface area contributed by atoms with Crippen molar-refractivity contribution in [1.82, 2.24) is 5.01 Å². The summed E-state index contributed by atoms with van der Waals surface area (Å²) < 4.78 is 14.5. The Balaban J connectivity index is 1.74. The molecule has 5 nitrogen and oxygen atoms in total. The number of carbonyl (C=O) groups excluding carboxylic acids is 2. The Bertz CT molecular complexity index is 1350. The number of fused-ring (bicyclic) bond motifs is 1. The molecule has 0 spiro atoms. The number of benzene rings is 3. The fourth-order valence-electron chi connectivity index (χ4n) is 5.49. The molecule has 2 aliphatic rings. The maximum Gasteiger partial charge on any atom is 0.260 e. The number of anilines is 1. The Kier molecular flexibility index (Phi) is 5.52. The first-order chi connectivity index (χ1) is 16.9. The number of phenolic OH excluding ortho intramolecular Hbond substituents is 1. The molecule has 35 heavy (non-hydrogen) atoms. The first-order valence-corrected chi connectivity index (χ1v) is 11.5. The van der Waals surface area contributed by atoms with Crippen LogP contribution in [-0.2, 0) is 15.0 Å². The molecule has 0 radical (unpaired) electrons. The lowest BCUT2D eigenvalue weighted by Gasteiger charge is -2.43. The van der Waals surface area contributed by atoms with E-state index in [1.807, 2.05) is 55.5 Å². The van der Waals surface area contributed by atoms with Crippen molar-refractivity contribution in [2.24, 2.45) is 5.92 Å². The number of carbonyl (C=O) groups is 2. The number of para-hydroxylation sites is 1. The average molecular weight is 469 g/mol. The second-order valence-electron chi connectivity index (χ2n) is 9.00. The van der Waals surface area contributed by atoms with Crippen molar-refractivity contribution in [3.63, 3.8) is 0 Å². The van der Waals surface area contributed by atoms with E-state index < -0.39 is 34.7 Å². The summed E-state index contributed by atoms with van der Waals surface area (Å²) in [5, 5.41) is 11.8. The van der Waals surface area contributed by atoms with E-state index in [9.17, 15) is 19.1 Å². The van der Waals surface area contributed by atoms with Gasteiger partial charge in [0, 0.05) is 11.5 Å². The molecule has 0 bridgehead atoms. The fourth-order valence-corrected chi connectivity index (χ4v) is 5.49. The Morgan fingerprint density at radius 3 is 2.46 bits per heavy atom. The molecule has 0 saturated carbocycles. The average Bonchev–Trinajstić information content (AvgIpc) is 3.09. The van der Waals surface area contributed by atoms with Crippen LogP contribution in [0.5, 0.6) is 5.75 Å². The van der Waals surface area contributed by atoms with Gasteiger partial charge in [0.05, 0.1) is 17.0 Å². The highest BCUT2D eigenvalue weighted by molar-refractivity contribution is 6.12. The van der Waals surface area contributed by atoms with Crippen molar-refractivity contribution < 1.29 is 19.1 Å². The molecule has 6 heteroatoms. The third kappa shape index (κ3) is 3.36. The number of aromatic hydroxyl groups is 1. The number of hydrogen-bond donors (Lipinski definition) is 2. The monoisotopic (exact) mass is 468 g/mol. The molecule has 2 N–H and O–H groups in total. The molecule has 1 aliphatic carbocycles. The van der Waals surface area contributed by atoms with Crippen LogP contribution in [-0.4, -0.2) is 21.9 Å². The molecule has 0 aromatic heterocycles. The van der Waals surface area contributed by atoms with Gasteiger partial charge in [-0.3, -0.25) is 15.0 Å². The van der Waals surface area contributed by atoms with Gasteiger partial charge in [-0.25, -0.2) is 4.39 Å². The van der Waals surface area contributed by atoms with E-state index in [0.29, 0.717) is 23.2 Å². The summed E-state index contributed by atoms with van der Waals surface area (Å²) in [5.74, 6) is -3.74. The number of aryl methyl sites for hydroxylation is 1. The van der Waals surface area contributed by atoms with Crippen LogP contribution in [0.2, 0.25) is 0 Å². The van der Waals surface area contributed by atoms with E-state index in [-0.39, 0.29) is 11.5 Å². The van der Waals surface area contributed by atoms with Gasteiger partial charge in [0.2, 0.25) is 0 Å². The van der Waals surface area contributed by atoms with E-state index >= 15 is 0 Å². The van der Waals surface area contributed by atoms with Crippen LogP contribution in [0.3, 0.4) is 0 Å². The molecule has 1 fully saturated rings. The third-order valence-corrected chi connectivity index (χ3v) is 7.11. The largest absolute Gasteiger partial charge is 0.505 e. The normalized spacial score (nSPS) is 23.6. The fraction of sp³-hybridized carbons (Fsp3) is 0.172. The quantitative estimate of drug-likeness (QED) is 0.493. The van der Waals surface area contributed by atoms with E-state index in [0.717, 1.165) is 10.6 Å². The summed E-state index contributed by atoms with van der Waals surface area (Å²) in [6, 6.07) is 20.7. The SMILES string of the molecule is C=CC1=CC[C@H]2C(=O)N(Nc3ccc(C)cc3)C(=O)[C@@]2(c2ccccc2)[C@H]1c1cccc(F)c1O. The highest BCUT2D eigenvalue weighted by Crippen LogP contribution is 2.58. The summed E-state index contributed by atoms with van der Waals surface area (Å²) in [6.45, 7) is 5.87. The topological polar surface area (TPSA) is 69.6 Å². The zero-order valence-electron chi connectivity index (χ0n) is 19.2. The number of halogens is 1. The summed E-state index contributed by atoms with van der Waals surface area (Å²) in [7, 11) is 0. The summed E-state index contributed by atoms with van der Waals surface area (Å²) in [4.78, 5) is 28.2. The maximum absolute atomic E-state index is 14.5. The van der Waals surface area contributed by atoms with Gasteiger partial charge in [-0.1, -0.05) is 78.9 Å². The Morgan fingerprint density at radius 2 is 1.77 bits per heavy atom. The highest BCUT2D eigenvalue weighted by atomic mass is 19.1. The zero-order valence-corrected chi connectivity index (χ0v) is 19.2. The van der Waals surface area contributed by atoms with Crippen molar-refractivity contribution in [2.45, 2.75) is 24.7 Å². The van der Waals surface area contributed by atoms with Crippen molar-refractivity contribution in [3.05, 3.63) is 120 Å². The molecule has 3 aromatic rings. The van der Waals surface area contributed by atoms with Gasteiger partial charge in [0.1, 0.15) is 0 Å². The molecule has 3 aromatic carbocycles. The van der Waals surface area contributed by atoms with Gasteiger partial charge in [0.25, 0.3) is 11.8 Å². The van der Waals surface area contributed by atoms with E-state index in [2.05, 4.69) is 12.0 Å². The lowest BCUT2D eigenvalue weighted by atomic mass is 9.56. The van der Waals surface area contributed by atoms with Gasteiger partial charge in [0.15, 0.2) is 11.6 Å². The summed E-state index contributed by atoms with van der Waals surface area (Å²) in [5.41, 5.74) is 4.76. The predicted octanol–water partition coefficient (Wildman–Crippen LogP) is 5.39. The van der Waals surface area contributed by atoms with Crippen LogP contribution in [0.15, 0.2) is 97.1 Å². The van der Waals surface area contributed by atoms with Gasteiger partial charge < -0.3 is 5.11 Å². The van der Waals surface area contributed by atoms with Crippen molar-refractivity contribution in [3.8, 4) is 5.75 Å². The minimum atomic E-state index is -1.40. The molecule has 3 atom stereocenters. The molecular formula is C29H25FN2O3. The van der Waals surface area contributed by atoms with Crippen LogP contribution in [0.4, 0.5) is 10.1 Å². The van der Waals surface area contributed by atoms with Crippen LogP contribution < -0.4 is 5.43 Å². The van der Waals surface area contributed by atoms with E-state index in [4.69, 9.17) is 0 Å². The standard InChI is InChI=1S/C29H25FN2O3/c1-3-19-14-17-23-27(34)32(31-21-15-12-18(2)13-16-21)28(35)29(23,20-8-5-4-6-9-20)25(19)22-10-7-11-24(30)26(22)33/h3-16,23,25,31,33H,1,17H2,2H3/t23-,25+,29+/m0/s1. The summed E-state index contributed by atoms with van der Waals surface area (Å²) >= 11 is 0. The smallest absolute Gasteiger partial charge is 0.260 e. The zero-order chi connectivity index (χ0) is 24.7. The maximum atomic E-state index is 14.5. The molecule has 2 amide bonds. The summed E-state index contributed by atoms with van der Waals surface area (Å²) in [6.07, 6.45) is 3.78. The molecule has 176 valence electrons. The molecule has 1 saturated heterocycles. The minimum absolute atomic E-state index is 0.239. The second kappa shape index (κ2) is 8.55. The van der Waals surface area contributed by atoms with Crippen molar-refractivity contribution in [1.29, 1.82) is 0 Å². The Labute approximate surface area is 203 Å². The number of nitrogens with zero attached hydrogens (tertiary/aromatic N) is 1. The Hall–Kier alpha value is -4.19. The van der Waals surface area contributed by atoms with E-state index in [1.165, 1.54) is 12.1 Å². The number of amides is 2. The van der Waals surface area contributed by atoms with Gasteiger partial charge in [-0.15, -0.1) is 0 Å². The van der Waals surface area contributed by atoms with Gasteiger partial charge in [-0.05, 0) is 42.7 Å². The first-order valence-electron chi connectivity index (χ1n) is 11.5. The number of phenols is 1. The highest BCUT2D eigenvalue weighted by Gasteiger charge is 2.66. The van der Waals surface area contributed by atoms with Gasteiger partial charge in [-0.2, -0.15) is 5.01 Å².